The lowest BCUT2D eigenvalue weighted by molar-refractivity contribution is -0.142. The minimum absolute atomic E-state index is 0.126. The van der Waals surface area contributed by atoms with Crippen molar-refractivity contribution >= 4 is 15.9 Å². The Morgan fingerprint density at radius 3 is 2.37 bits per heavy atom. The van der Waals surface area contributed by atoms with Crippen molar-refractivity contribution in [2.24, 2.45) is 5.41 Å². The zero-order valence-electron chi connectivity index (χ0n) is 16.0. The van der Waals surface area contributed by atoms with E-state index >= 15 is 0 Å². The molecular formula is C20H29N3O3S. The van der Waals surface area contributed by atoms with Crippen LogP contribution in [0.2, 0.25) is 0 Å². The van der Waals surface area contributed by atoms with Crippen LogP contribution in [0.4, 0.5) is 0 Å². The molecule has 0 saturated carbocycles. The van der Waals surface area contributed by atoms with Gasteiger partial charge in [0.1, 0.15) is 0 Å². The van der Waals surface area contributed by atoms with E-state index in [2.05, 4.69) is 11.9 Å². The van der Waals surface area contributed by atoms with Crippen LogP contribution in [-0.4, -0.2) is 74.2 Å². The summed E-state index contributed by atoms with van der Waals surface area (Å²) in [5.74, 6) is 0.258. The highest BCUT2D eigenvalue weighted by Gasteiger charge is 2.54. The fourth-order valence-electron chi connectivity index (χ4n) is 5.18. The molecule has 0 unspecified atom stereocenters. The highest BCUT2D eigenvalue weighted by Crippen LogP contribution is 2.45. The molecule has 3 fully saturated rings. The van der Waals surface area contributed by atoms with Gasteiger partial charge in [0.25, 0.3) is 0 Å². The average molecular weight is 392 g/mol. The first kappa shape index (κ1) is 18.9. The van der Waals surface area contributed by atoms with E-state index in [-0.39, 0.29) is 11.9 Å². The van der Waals surface area contributed by atoms with Crippen molar-refractivity contribution in [3.05, 3.63) is 30.3 Å². The second kappa shape index (κ2) is 7.18. The second-order valence-electron chi connectivity index (χ2n) is 8.16. The molecule has 1 aromatic carbocycles. The van der Waals surface area contributed by atoms with Crippen molar-refractivity contribution in [1.29, 1.82) is 0 Å². The molecule has 0 bridgehead atoms. The maximum Gasteiger partial charge on any atom is 0.243 e. The Bertz CT molecular complexity index is 792. The summed E-state index contributed by atoms with van der Waals surface area (Å²) in [5, 5.41) is 0. The first-order chi connectivity index (χ1) is 12.9. The molecule has 7 heteroatoms. The number of rotatable bonds is 3. The van der Waals surface area contributed by atoms with Gasteiger partial charge in [-0.2, -0.15) is 4.31 Å². The Labute approximate surface area is 162 Å². The zero-order chi connectivity index (χ0) is 19.1. The SMILES string of the molecule is CN1CC[C@@]2(C(=O)N3CCCC3)CCN(S(=O)(=O)c3ccccc3)CC[C@@H]12. The maximum atomic E-state index is 13.5. The lowest BCUT2D eigenvalue weighted by Crippen LogP contribution is -2.49. The summed E-state index contributed by atoms with van der Waals surface area (Å²) in [4.78, 5) is 18.1. The summed E-state index contributed by atoms with van der Waals surface area (Å²) in [6, 6.07) is 8.76. The first-order valence-corrected chi connectivity index (χ1v) is 11.4. The number of carbonyl (C=O) groups is 1. The predicted molar refractivity (Wildman–Crippen MR) is 104 cm³/mol. The number of nitrogens with zero attached hydrogens (tertiary/aromatic N) is 3. The Kier molecular flexibility index (Phi) is 5.03. The Balaban J connectivity index is 1.61. The molecule has 0 aliphatic carbocycles. The fourth-order valence-corrected chi connectivity index (χ4v) is 6.66. The number of hydrogen-bond acceptors (Lipinski definition) is 4. The van der Waals surface area contributed by atoms with Crippen molar-refractivity contribution in [2.45, 2.75) is 43.0 Å². The molecule has 4 rings (SSSR count). The molecule has 3 aliphatic rings. The minimum atomic E-state index is -3.52. The highest BCUT2D eigenvalue weighted by atomic mass is 32.2. The van der Waals surface area contributed by atoms with Crippen LogP contribution in [0.15, 0.2) is 35.2 Å². The molecule has 0 aromatic heterocycles. The number of benzene rings is 1. The minimum Gasteiger partial charge on any atom is -0.342 e. The maximum absolute atomic E-state index is 13.5. The summed E-state index contributed by atoms with van der Waals surface area (Å²) in [6.45, 7) is 3.50. The van der Waals surface area contributed by atoms with E-state index in [1.54, 1.807) is 28.6 Å². The third-order valence-electron chi connectivity index (χ3n) is 6.74. The van der Waals surface area contributed by atoms with Gasteiger partial charge in [-0.25, -0.2) is 8.42 Å². The van der Waals surface area contributed by atoms with Gasteiger partial charge in [0.15, 0.2) is 0 Å². The van der Waals surface area contributed by atoms with Gasteiger partial charge in [0, 0.05) is 32.2 Å². The van der Waals surface area contributed by atoms with E-state index in [0.29, 0.717) is 30.8 Å². The molecule has 1 aromatic rings. The van der Waals surface area contributed by atoms with Gasteiger partial charge >= 0.3 is 0 Å². The largest absolute Gasteiger partial charge is 0.342 e. The fraction of sp³-hybridized carbons (Fsp3) is 0.650. The van der Waals surface area contributed by atoms with Crippen molar-refractivity contribution < 1.29 is 13.2 Å². The summed E-state index contributed by atoms with van der Waals surface area (Å²) in [6.07, 6.45) is 4.32. The normalized spacial score (nSPS) is 30.3. The zero-order valence-corrected chi connectivity index (χ0v) is 16.8. The molecule has 1 amide bonds. The first-order valence-electron chi connectivity index (χ1n) is 10.00. The van der Waals surface area contributed by atoms with Crippen molar-refractivity contribution in [1.82, 2.24) is 14.1 Å². The molecule has 2 atom stereocenters. The molecule has 3 heterocycles. The topological polar surface area (TPSA) is 60.9 Å². The van der Waals surface area contributed by atoms with E-state index < -0.39 is 15.4 Å². The summed E-state index contributed by atoms with van der Waals surface area (Å²) >= 11 is 0. The lowest BCUT2D eigenvalue weighted by atomic mass is 9.75. The number of carbonyl (C=O) groups excluding carboxylic acids is 1. The van der Waals surface area contributed by atoms with Crippen LogP contribution in [0.1, 0.15) is 32.1 Å². The quantitative estimate of drug-likeness (QED) is 0.788. The van der Waals surface area contributed by atoms with E-state index in [0.717, 1.165) is 38.9 Å². The average Bonchev–Trinajstić information content (AvgIpc) is 3.26. The van der Waals surface area contributed by atoms with E-state index in [1.165, 1.54) is 0 Å². The Hall–Kier alpha value is -1.44. The van der Waals surface area contributed by atoms with Crippen LogP contribution in [0.5, 0.6) is 0 Å². The van der Waals surface area contributed by atoms with Crippen molar-refractivity contribution in [3.8, 4) is 0 Å². The lowest BCUT2D eigenvalue weighted by Gasteiger charge is -2.37. The summed E-state index contributed by atoms with van der Waals surface area (Å²) < 4.78 is 27.8. The molecule has 3 aliphatic heterocycles. The van der Waals surface area contributed by atoms with Crippen LogP contribution in [-0.2, 0) is 14.8 Å². The van der Waals surface area contributed by atoms with Gasteiger partial charge in [-0.15, -0.1) is 0 Å². The monoisotopic (exact) mass is 391 g/mol. The van der Waals surface area contributed by atoms with Crippen LogP contribution in [0.3, 0.4) is 0 Å². The number of fused-ring (bicyclic) bond motifs is 1. The van der Waals surface area contributed by atoms with Gasteiger partial charge in [-0.3, -0.25) is 4.79 Å². The van der Waals surface area contributed by atoms with Gasteiger partial charge < -0.3 is 9.80 Å². The van der Waals surface area contributed by atoms with E-state index in [9.17, 15) is 13.2 Å². The molecular weight excluding hydrogens is 362 g/mol. The van der Waals surface area contributed by atoms with Gasteiger partial charge in [-0.05, 0) is 57.8 Å². The van der Waals surface area contributed by atoms with E-state index in [1.807, 2.05) is 11.0 Å². The van der Waals surface area contributed by atoms with Crippen LogP contribution in [0, 0.1) is 5.41 Å². The molecule has 0 spiro atoms. The summed E-state index contributed by atoms with van der Waals surface area (Å²) in [7, 11) is -1.44. The van der Waals surface area contributed by atoms with E-state index in [4.69, 9.17) is 0 Å². The number of amides is 1. The highest BCUT2D eigenvalue weighted by molar-refractivity contribution is 7.89. The van der Waals surface area contributed by atoms with Crippen LogP contribution in [0.25, 0.3) is 0 Å². The van der Waals surface area contributed by atoms with Crippen LogP contribution < -0.4 is 0 Å². The predicted octanol–water partition coefficient (Wildman–Crippen LogP) is 1.78. The summed E-state index contributed by atoms with van der Waals surface area (Å²) in [5.41, 5.74) is -0.431. The number of hydrogen-bond donors (Lipinski definition) is 0. The Morgan fingerprint density at radius 1 is 1.00 bits per heavy atom. The van der Waals surface area contributed by atoms with Crippen LogP contribution >= 0.6 is 0 Å². The Morgan fingerprint density at radius 2 is 1.67 bits per heavy atom. The third kappa shape index (κ3) is 3.19. The molecule has 27 heavy (non-hydrogen) atoms. The second-order valence-corrected chi connectivity index (χ2v) is 10.1. The third-order valence-corrected chi connectivity index (χ3v) is 8.65. The van der Waals surface area contributed by atoms with Gasteiger partial charge in [0.05, 0.1) is 10.3 Å². The number of likely N-dealkylation sites (tertiary alicyclic amines) is 2. The molecule has 148 valence electrons. The molecule has 6 nitrogen and oxygen atoms in total. The molecule has 0 radical (unpaired) electrons. The standard InChI is InChI=1S/C20H29N3O3S/c1-21-15-10-20(19(24)22-12-5-6-13-22)11-16-23(14-9-18(20)21)27(25,26)17-7-3-2-4-8-17/h2-4,7-8,18H,5-6,9-16H2,1H3/t18-,20-/m1/s1. The molecule has 3 saturated heterocycles. The number of sulfonamides is 1. The molecule has 0 N–H and O–H groups in total. The smallest absolute Gasteiger partial charge is 0.243 e. The van der Waals surface area contributed by atoms with Gasteiger partial charge in [-0.1, -0.05) is 18.2 Å². The van der Waals surface area contributed by atoms with Crippen molar-refractivity contribution in [3.63, 3.8) is 0 Å². The van der Waals surface area contributed by atoms with Gasteiger partial charge in [0.2, 0.25) is 15.9 Å². The van der Waals surface area contributed by atoms with Crippen molar-refractivity contribution in [2.75, 3.05) is 39.8 Å².